The van der Waals surface area contributed by atoms with Gasteiger partial charge in [0.05, 0.1) is 13.2 Å². The first kappa shape index (κ1) is 19.8. The second kappa shape index (κ2) is 8.40. The van der Waals surface area contributed by atoms with Crippen molar-refractivity contribution in [2.24, 2.45) is 5.41 Å². The zero-order valence-corrected chi connectivity index (χ0v) is 16.1. The van der Waals surface area contributed by atoms with Crippen LogP contribution in [-0.2, 0) is 23.8 Å². The molecule has 5 nitrogen and oxygen atoms in total. The van der Waals surface area contributed by atoms with Gasteiger partial charge in [0.25, 0.3) is 0 Å². The first-order valence-electron chi connectivity index (χ1n) is 9.36. The third-order valence-corrected chi connectivity index (χ3v) is 4.89. The van der Waals surface area contributed by atoms with Gasteiger partial charge >= 0.3 is 11.9 Å². The van der Waals surface area contributed by atoms with Gasteiger partial charge in [-0.1, -0.05) is 67.2 Å². The largest absolute Gasteiger partial charge is 0.465 e. The lowest BCUT2D eigenvalue weighted by Crippen LogP contribution is -2.45. The van der Waals surface area contributed by atoms with Gasteiger partial charge in [0.1, 0.15) is 12.2 Å². The molecule has 1 saturated heterocycles. The molecule has 1 aliphatic heterocycles. The van der Waals surface area contributed by atoms with Gasteiger partial charge in [0.2, 0.25) is 5.41 Å². The first-order valence-corrected chi connectivity index (χ1v) is 9.36. The van der Waals surface area contributed by atoms with Gasteiger partial charge in [-0.25, -0.2) is 0 Å². The molecule has 0 bridgehead atoms. The van der Waals surface area contributed by atoms with Crippen molar-refractivity contribution in [3.05, 3.63) is 83.9 Å². The Kier molecular flexibility index (Phi) is 5.95. The van der Waals surface area contributed by atoms with Crippen molar-refractivity contribution in [3.8, 4) is 0 Å². The fourth-order valence-corrected chi connectivity index (χ4v) is 3.61. The number of benzene rings is 2. The lowest BCUT2D eigenvalue weighted by atomic mass is 9.73. The SMILES string of the molecule is C=C1[C@H](c2ccccc2)O[C@@H](c2ccccc2)C1(C(=O)OCC)C(=O)OCC. The molecule has 0 amide bonds. The average molecular weight is 380 g/mol. The van der Waals surface area contributed by atoms with Crippen LogP contribution in [0.15, 0.2) is 72.8 Å². The summed E-state index contributed by atoms with van der Waals surface area (Å²) in [5, 5.41) is 0. The highest BCUT2D eigenvalue weighted by atomic mass is 16.6. The normalized spacial score (nSPS) is 20.6. The maximum atomic E-state index is 13.2. The van der Waals surface area contributed by atoms with E-state index in [-0.39, 0.29) is 13.2 Å². The molecule has 1 fully saturated rings. The molecule has 146 valence electrons. The Bertz CT molecular complexity index is 826. The van der Waals surface area contributed by atoms with Crippen molar-refractivity contribution in [2.45, 2.75) is 26.1 Å². The molecule has 0 N–H and O–H groups in total. The van der Waals surface area contributed by atoms with E-state index in [0.717, 1.165) is 5.56 Å². The number of hydrogen-bond acceptors (Lipinski definition) is 5. The van der Waals surface area contributed by atoms with Crippen molar-refractivity contribution >= 4 is 11.9 Å². The summed E-state index contributed by atoms with van der Waals surface area (Å²) in [4.78, 5) is 26.4. The monoisotopic (exact) mass is 380 g/mol. The van der Waals surface area contributed by atoms with Crippen LogP contribution in [0, 0.1) is 5.41 Å². The van der Waals surface area contributed by atoms with Crippen LogP contribution < -0.4 is 0 Å². The third-order valence-electron chi connectivity index (χ3n) is 4.89. The van der Waals surface area contributed by atoms with E-state index in [4.69, 9.17) is 14.2 Å². The molecule has 0 aliphatic carbocycles. The summed E-state index contributed by atoms with van der Waals surface area (Å²) < 4.78 is 16.9. The lowest BCUT2D eigenvalue weighted by Gasteiger charge is -2.30. The topological polar surface area (TPSA) is 61.8 Å². The molecule has 3 rings (SSSR count). The standard InChI is InChI=1S/C23H24O5/c1-4-26-21(24)23(22(25)27-5-2)16(3)19(17-12-8-6-9-13-17)28-20(23)18-14-10-7-11-15-18/h6-15,19-20H,3-5H2,1-2H3/t19-,20+/m1/s1. The number of rotatable bonds is 6. The second-order valence-corrected chi connectivity index (χ2v) is 6.49. The van der Waals surface area contributed by atoms with E-state index < -0.39 is 29.6 Å². The van der Waals surface area contributed by atoms with E-state index in [2.05, 4.69) is 6.58 Å². The molecule has 2 aromatic carbocycles. The molecule has 0 spiro atoms. The minimum absolute atomic E-state index is 0.130. The quantitative estimate of drug-likeness (QED) is 0.428. The van der Waals surface area contributed by atoms with E-state index in [0.29, 0.717) is 11.1 Å². The molecule has 28 heavy (non-hydrogen) atoms. The molecule has 1 aliphatic rings. The Balaban J connectivity index is 2.19. The van der Waals surface area contributed by atoms with E-state index in [1.807, 2.05) is 60.7 Å². The van der Waals surface area contributed by atoms with Gasteiger partial charge < -0.3 is 14.2 Å². The summed E-state index contributed by atoms with van der Waals surface area (Å²) in [6, 6.07) is 18.6. The number of carbonyl (C=O) groups excluding carboxylic acids is 2. The smallest absolute Gasteiger partial charge is 0.330 e. The maximum absolute atomic E-state index is 13.2. The van der Waals surface area contributed by atoms with Crippen LogP contribution in [0.4, 0.5) is 0 Å². The summed E-state index contributed by atoms with van der Waals surface area (Å²) in [5.41, 5.74) is 0.0463. The van der Waals surface area contributed by atoms with E-state index in [1.165, 1.54) is 0 Å². The van der Waals surface area contributed by atoms with Crippen LogP contribution in [-0.4, -0.2) is 25.2 Å². The molecular weight excluding hydrogens is 356 g/mol. The van der Waals surface area contributed by atoms with Gasteiger partial charge in [-0.3, -0.25) is 9.59 Å². The Morgan fingerprint density at radius 3 is 1.82 bits per heavy atom. The molecule has 2 atom stereocenters. The summed E-state index contributed by atoms with van der Waals surface area (Å²) >= 11 is 0. The molecule has 2 aromatic rings. The van der Waals surface area contributed by atoms with E-state index in [1.54, 1.807) is 13.8 Å². The summed E-state index contributed by atoms with van der Waals surface area (Å²) in [5.74, 6) is -1.41. The van der Waals surface area contributed by atoms with Gasteiger partial charge in [-0.05, 0) is 30.5 Å². The van der Waals surface area contributed by atoms with E-state index in [9.17, 15) is 9.59 Å². The summed E-state index contributed by atoms with van der Waals surface area (Å²) in [7, 11) is 0. The van der Waals surface area contributed by atoms with Crippen LogP contribution in [0.25, 0.3) is 0 Å². The number of carbonyl (C=O) groups is 2. The summed E-state index contributed by atoms with van der Waals surface area (Å²) in [6.07, 6.45) is -1.54. The molecule has 0 unspecified atom stereocenters. The predicted octanol–water partition coefficient (Wildman–Crippen LogP) is 4.17. The number of esters is 2. The number of hydrogen-bond donors (Lipinski definition) is 0. The van der Waals surface area contributed by atoms with Crippen molar-refractivity contribution in [1.29, 1.82) is 0 Å². The van der Waals surface area contributed by atoms with Gasteiger partial charge in [0.15, 0.2) is 0 Å². The Labute approximate surface area is 164 Å². The molecule has 0 radical (unpaired) electrons. The minimum Gasteiger partial charge on any atom is -0.465 e. The van der Waals surface area contributed by atoms with Gasteiger partial charge in [-0.2, -0.15) is 0 Å². The summed E-state index contributed by atoms with van der Waals surface area (Å²) in [6.45, 7) is 7.77. The van der Waals surface area contributed by atoms with Crippen molar-refractivity contribution < 1.29 is 23.8 Å². The zero-order chi connectivity index (χ0) is 20.1. The molecular formula is C23H24O5. The third kappa shape index (κ3) is 3.22. The lowest BCUT2D eigenvalue weighted by molar-refractivity contribution is -0.174. The Morgan fingerprint density at radius 1 is 0.893 bits per heavy atom. The highest BCUT2D eigenvalue weighted by molar-refractivity contribution is 6.05. The second-order valence-electron chi connectivity index (χ2n) is 6.49. The van der Waals surface area contributed by atoms with Crippen molar-refractivity contribution in [1.82, 2.24) is 0 Å². The fraction of sp³-hybridized carbons (Fsp3) is 0.304. The van der Waals surface area contributed by atoms with Gasteiger partial charge in [-0.15, -0.1) is 0 Å². The molecule has 0 aromatic heterocycles. The van der Waals surface area contributed by atoms with Crippen LogP contribution in [0.5, 0.6) is 0 Å². The Morgan fingerprint density at radius 2 is 1.36 bits per heavy atom. The number of ether oxygens (including phenoxy) is 3. The van der Waals surface area contributed by atoms with Crippen LogP contribution in [0.3, 0.4) is 0 Å². The predicted molar refractivity (Wildman–Crippen MR) is 104 cm³/mol. The van der Waals surface area contributed by atoms with Gasteiger partial charge in [0, 0.05) is 0 Å². The van der Waals surface area contributed by atoms with Crippen LogP contribution in [0.1, 0.15) is 37.2 Å². The zero-order valence-electron chi connectivity index (χ0n) is 16.1. The average Bonchev–Trinajstić information content (AvgIpc) is 3.03. The van der Waals surface area contributed by atoms with E-state index >= 15 is 0 Å². The molecule has 5 heteroatoms. The van der Waals surface area contributed by atoms with Crippen LogP contribution in [0.2, 0.25) is 0 Å². The van der Waals surface area contributed by atoms with Crippen LogP contribution >= 0.6 is 0 Å². The maximum Gasteiger partial charge on any atom is 0.330 e. The minimum atomic E-state index is -1.77. The Hall–Kier alpha value is -2.92. The highest BCUT2D eigenvalue weighted by Gasteiger charge is 2.65. The van der Waals surface area contributed by atoms with Crippen molar-refractivity contribution in [3.63, 3.8) is 0 Å². The molecule has 0 saturated carbocycles. The highest BCUT2D eigenvalue weighted by Crippen LogP contribution is 2.57. The fourth-order valence-electron chi connectivity index (χ4n) is 3.61. The molecule has 1 heterocycles. The first-order chi connectivity index (χ1) is 13.6. The van der Waals surface area contributed by atoms with Crippen molar-refractivity contribution in [2.75, 3.05) is 13.2 Å².